The molecule has 22 heavy (non-hydrogen) atoms. The molecule has 0 aromatic rings. The smallest absolute Gasteiger partial charge is 0.318 e. The predicted octanol–water partition coefficient (Wildman–Crippen LogP) is 2.50. The number of amides is 3. The van der Waals surface area contributed by atoms with E-state index < -0.39 is 24.0 Å². The van der Waals surface area contributed by atoms with E-state index in [0.717, 1.165) is 18.8 Å². The number of esters is 1. The molecule has 0 aliphatic heterocycles. The van der Waals surface area contributed by atoms with Gasteiger partial charge in [-0.3, -0.25) is 14.9 Å². The van der Waals surface area contributed by atoms with Crippen LogP contribution in [0, 0.1) is 11.8 Å². The summed E-state index contributed by atoms with van der Waals surface area (Å²) >= 11 is 0. The number of imide groups is 1. The summed E-state index contributed by atoms with van der Waals surface area (Å²) in [6, 6.07) is -0.941. The number of nitrogens with one attached hydrogen (secondary N) is 1. The summed E-state index contributed by atoms with van der Waals surface area (Å²) in [5, 5.41) is 1.96. The molecule has 6 nitrogen and oxygen atoms in total. The Kier molecular flexibility index (Phi) is 7.91. The van der Waals surface area contributed by atoms with Crippen LogP contribution in [-0.2, 0) is 14.3 Å². The first-order valence-corrected chi connectivity index (χ1v) is 8.20. The van der Waals surface area contributed by atoms with Crippen LogP contribution < -0.4 is 11.1 Å². The molecular formula is C16H28N2O4. The summed E-state index contributed by atoms with van der Waals surface area (Å²) in [5.41, 5.74) is 4.91. The van der Waals surface area contributed by atoms with Crippen molar-refractivity contribution in [2.45, 2.75) is 71.3 Å². The van der Waals surface area contributed by atoms with Gasteiger partial charge in [0.05, 0.1) is 0 Å². The second-order valence-electron chi connectivity index (χ2n) is 6.40. The molecular weight excluding hydrogens is 284 g/mol. The summed E-state index contributed by atoms with van der Waals surface area (Å²) in [7, 11) is 0. The van der Waals surface area contributed by atoms with Crippen LogP contribution in [0.5, 0.6) is 0 Å². The number of hydrogen-bond donors (Lipinski definition) is 2. The number of primary amides is 1. The summed E-state index contributed by atoms with van der Waals surface area (Å²) in [4.78, 5) is 34.4. The highest BCUT2D eigenvalue weighted by atomic mass is 16.5. The third kappa shape index (κ3) is 6.91. The Hall–Kier alpha value is -1.59. The number of urea groups is 1. The van der Waals surface area contributed by atoms with Crippen LogP contribution >= 0.6 is 0 Å². The van der Waals surface area contributed by atoms with E-state index in [4.69, 9.17) is 10.5 Å². The molecule has 0 heterocycles. The van der Waals surface area contributed by atoms with Gasteiger partial charge in [-0.2, -0.15) is 0 Å². The molecule has 1 atom stereocenters. The third-order valence-electron chi connectivity index (χ3n) is 4.09. The van der Waals surface area contributed by atoms with Gasteiger partial charge in [0.2, 0.25) is 0 Å². The van der Waals surface area contributed by atoms with E-state index >= 15 is 0 Å². The Morgan fingerprint density at radius 3 is 2.36 bits per heavy atom. The first-order valence-electron chi connectivity index (χ1n) is 8.20. The molecule has 6 heteroatoms. The molecule has 1 aliphatic rings. The van der Waals surface area contributed by atoms with Gasteiger partial charge in [-0.1, -0.05) is 46.0 Å². The van der Waals surface area contributed by atoms with Gasteiger partial charge in [-0.25, -0.2) is 4.79 Å². The summed E-state index contributed by atoms with van der Waals surface area (Å²) in [5.74, 6) is -0.556. The van der Waals surface area contributed by atoms with Crippen molar-refractivity contribution in [1.82, 2.24) is 5.32 Å². The van der Waals surface area contributed by atoms with Crippen LogP contribution in [0.4, 0.5) is 4.79 Å². The minimum Gasteiger partial charge on any atom is -0.452 e. The lowest BCUT2D eigenvalue weighted by molar-refractivity contribution is -0.158. The first-order chi connectivity index (χ1) is 10.4. The van der Waals surface area contributed by atoms with Crippen LogP contribution in [0.3, 0.4) is 0 Å². The summed E-state index contributed by atoms with van der Waals surface area (Å²) in [6.45, 7) is 3.50. The number of nitrogens with two attached hydrogens (primary N) is 1. The van der Waals surface area contributed by atoms with Crippen molar-refractivity contribution in [2.75, 3.05) is 0 Å². The van der Waals surface area contributed by atoms with Crippen molar-refractivity contribution in [2.24, 2.45) is 17.6 Å². The van der Waals surface area contributed by atoms with E-state index in [1.807, 2.05) is 5.32 Å². The van der Waals surface area contributed by atoms with Crippen LogP contribution in [0.2, 0.25) is 0 Å². The summed E-state index contributed by atoms with van der Waals surface area (Å²) in [6.07, 6.45) is 7.56. The quantitative estimate of drug-likeness (QED) is 0.705. The number of carbonyl (C=O) groups excluding carboxylic acids is 3. The van der Waals surface area contributed by atoms with Crippen molar-refractivity contribution in [3.05, 3.63) is 0 Å². The van der Waals surface area contributed by atoms with E-state index in [2.05, 4.69) is 0 Å². The average Bonchev–Trinajstić information content (AvgIpc) is 2.44. The summed E-state index contributed by atoms with van der Waals surface area (Å²) < 4.78 is 5.21. The maximum Gasteiger partial charge on any atom is 0.318 e. The minimum atomic E-state index is -0.977. The lowest BCUT2D eigenvalue weighted by atomic mass is 9.86. The van der Waals surface area contributed by atoms with Crippen molar-refractivity contribution in [3.63, 3.8) is 0 Å². The van der Waals surface area contributed by atoms with Gasteiger partial charge in [-0.05, 0) is 24.7 Å². The Morgan fingerprint density at radius 2 is 1.82 bits per heavy atom. The van der Waals surface area contributed by atoms with Gasteiger partial charge in [-0.15, -0.1) is 0 Å². The van der Waals surface area contributed by atoms with Gasteiger partial charge in [0.1, 0.15) is 0 Å². The van der Waals surface area contributed by atoms with Crippen molar-refractivity contribution < 1.29 is 19.1 Å². The van der Waals surface area contributed by atoms with Crippen molar-refractivity contribution in [3.8, 4) is 0 Å². The molecule has 0 aromatic heterocycles. The van der Waals surface area contributed by atoms with Crippen molar-refractivity contribution in [1.29, 1.82) is 0 Å². The van der Waals surface area contributed by atoms with Crippen LogP contribution in [-0.4, -0.2) is 24.0 Å². The standard InChI is InChI=1S/C16H28N2O4/c1-11(2)14(15(20)18-16(17)21)22-13(19)10-6-9-12-7-4-3-5-8-12/h11-12,14H,3-10H2,1-2H3,(H3,17,18,20,21)/t14-/m0/s1. The number of ether oxygens (including phenoxy) is 1. The zero-order chi connectivity index (χ0) is 16.5. The molecule has 0 unspecified atom stereocenters. The molecule has 0 radical (unpaired) electrons. The second-order valence-corrected chi connectivity index (χ2v) is 6.40. The Labute approximate surface area is 132 Å². The fraction of sp³-hybridized carbons (Fsp3) is 0.812. The molecule has 1 saturated carbocycles. The van der Waals surface area contributed by atoms with Crippen LogP contribution in [0.15, 0.2) is 0 Å². The topological polar surface area (TPSA) is 98.5 Å². The third-order valence-corrected chi connectivity index (χ3v) is 4.09. The highest BCUT2D eigenvalue weighted by molar-refractivity contribution is 5.96. The number of carbonyl (C=O) groups is 3. The van der Waals surface area contributed by atoms with Gasteiger partial charge < -0.3 is 10.5 Å². The molecule has 126 valence electrons. The Morgan fingerprint density at radius 1 is 1.18 bits per heavy atom. The van der Waals surface area contributed by atoms with Gasteiger partial charge in [0, 0.05) is 6.42 Å². The Bertz CT molecular complexity index is 390. The van der Waals surface area contributed by atoms with E-state index in [1.54, 1.807) is 13.8 Å². The molecule has 3 amide bonds. The minimum absolute atomic E-state index is 0.221. The van der Waals surface area contributed by atoms with E-state index in [9.17, 15) is 14.4 Å². The van der Waals surface area contributed by atoms with Gasteiger partial charge in [0.25, 0.3) is 5.91 Å². The zero-order valence-electron chi connectivity index (χ0n) is 13.6. The molecule has 0 bridgehead atoms. The zero-order valence-corrected chi connectivity index (χ0v) is 13.6. The molecule has 1 fully saturated rings. The fourth-order valence-corrected chi connectivity index (χ4v) is 2.90. The van der Waals surface area contributed by atoms with E-state index in [0.29, 0.717) is 6.42 Å². The van der Waals surface area contributed by atoms with Gasteiger partial charge >= 0.3 is 12.0 Å². The number of rotatable bonds is 7. The van der Waals surface area contributed by atoms with Gasteiger partial charge in [0.15, 0.2) is 6.10 Å². The highest BCUT2D eigenvalue weighted by Crippen LogP contribution is 2.27. The second kappa shape index (κ2) is 9.43. The molecule has 1 rings (SSSR count). The van der Waals surface area contributed by atoms with Crippen molar-refractivity contribution >= 4 is 17.9 Å². The normalized spacial score (nSPS) is 17.0. The average molecular weight is 312 g/mol. The van der Waals surface area contributed by atoms with Crippen LogP contribution in [0.25, 0.3) is 0 Å². The van der Waals surface area contributed by atoms with E-state index in [-0.39, 0.29) is 5.92 Å². The SMILES string of the molecule is CC(C)[C@H](OC(=O)CCCC1CCCCC1)C(=O)NC(N)=O. The maximum atomic E-state index is 11.9. The maximum absolute atomic E-state index is 11.9. The highest BCUT2D eigenvalue weighted by Gasteiger charge is 2.27. The molecule has 0 spiro atoms. The lowest BCUT2D eigenvalue weighted by Gasteiger charge is -2.22. The van der Waals surface area contributed by atoms with E-state index in [1.165, 1.54) is 32.1 Å². The molecule has 3 N–H and O–H groups in total. The largest absolute Gasteiger partial charge is 0.452 e. The molecule has 1 aliphatic carbocycles. The first kappa shape index (κ1) is 18.5. The van der Waals surface area contributed by atoms with Crippen LogP contribution in [0.1, 0.15) is 65.2 Å². The monoisotopic (exact) mass is 312 g/mol. The molecule has 0 saturated heterocycles. The molecule has 0 aromatic carbocycles. The lowest BCUT2D eigenvalue weighted by Crippen LogP contribution is -2.45. The fourth-order valence-electron chi connectivity index (χ4n) is 2.90. The number of hydrogen-bond acceptors (Lipinski definition) is 4. The Balaban J connectivity index is 2.33. The predicted molar refractivity (Wildman–Crippen MR) is 82.9 cm³/mol.